The van der Waals surface area contributed by atoms with Crippen LogP contribution in [0, 0.1) is 0 Å². The topological polar surface area (TPSA) is 151 Å². The first kappa shape index (κ1) is 52.9. The molecule has 0 bridgehead atoms. The number of amides is 1. The summed E-state index contributed by atoms with van der Waals surface area (Å²) in [4.78, 5) is 22.7. The van der Waals surface area contributed by atoms with Gasteiger partial charge in [0.15, 0.2) is 0 Å². The second kappa shape index (κ2) is 40.1. The molecule has 0 saturated carbocycles. The van der Waals surface area contributed by atoms with Crippen LogP contribution in [0.4, 0.5) is 0 Å². The zero-order chi connectivity index (χ0) is 39.8. The molecule has 320 valence electrons. The summed E-state index contributed by atoms with van der Waals surface area (Å²) in [5, 5.41) is 24.0. The third-order valence-electron chi connectivity index (χ3n) is 10.1. The minimum atomic E-state index is -4.40. The Bertz CT molecular complexity index is 919. The molecule has 54 heavy (non-hydrogen) atoms. The van der Waals surface area contributed by atoms with Gasteiger partial charge in [-0.2, -0.15) is 0 Å². The molecule has 1 amide bonds. The Balaban J connectivity index is 4.19. The molecule has 9 nitrogen and oxygen atoms in total. The van der Waals surface area contributed by atoms with Crippen molar-refractivity contribution in [3.05, 3.63) is 24.3 Å². The van der Waals surface area contributed by atoms with E-state index in [1.54, 1.807) is 6.08 Å². The average Bonchev–Trinajstić information content (AvgIpc) is 3.15. The monoisotopic (exact) mass is 787 g/mol. The third kappa shape index (κ3) is 37.8. The lowest BCUT2D eigenvalue weighted by Gasteiger charge is -2.24. The van der Waals surface area contributed by atoms with Gasteiger partial charge in [0.25, 0.3) is 0 Å². The number of nitrogens with two attached hydrogens (primary N) is 1. The van der Waals surface area contributed by atoms with E-state index in [9.17, 15) is 24.5 Å². The summed E-state index contributed by atoms with van der Waals surface area (Å²) in [6.45, 7) is 3.96. The molecular weight excluding hydrogens is 699 g/mol. The van der Waals surface area contributed by atoms with Crippen LogP contribution in [0.5, 0.6) is 0 Å². The lowest BCUT2D eigenvalue weighted by atomic mass is 10.0. The Labute approximate surface area is 332 Å². The van der Waals surface area contributed by atoms with Gasteiger partial charge in [0.2, 0.25) is 5.91 Å². The smallest absolute Gasteiger partial charge is 0.393 e. The Morgan fingerprint density at radius 3 is 1.48 bits per heavy atom. The van der Waals surface area contributed by atoms with Gasteiger partial charge in [0, 0.05) is 6.54 Å². The summed E-state index contributed by atoms with van der Waals surface area (Å²) in [5.74, 6) is -0.451. The lowest BCUT2D eigenvalue weighted by molar-refractivity contribution is -0.124. The van der Waals surface area contributed by atoms with Crippen molar-refractivity contribution in [2.75, 3.05) is 19.8 Å². The van der Waals surface area contributed by atoms with Crippen LogP contribution in [0.2, 0.25) is 0 Å². The molecule has 0 aliphatic heterocycles. The van der Waals surface area contributed by atoms with E-state index in [1.165, 1.54) is 135 Å². The predicted molar refractivity (Wildman–Crippen MR) is 227 cm³/mol. The molecule has 4 unspecified atom stereocenters. The average molecular weight is 787 g/mol. The van der Waals surface area contributed by atoms with Gasteiger partial charge in [-0.15, -0.1) is 0 Å². The van der Waals surface area contributed by atoms with Crippen LogP contribution in [-0.2, 0) is 18.4 Å². The normalized spacial score (nSPS) is 14.9. The minimum Gasteiger partial charge on any atom is -0.393 e. The van der Waals surface area contributed by atoms with E-state index in [0.29, 0.717) is 6.42 Å². The zero-order valence-corrected chi connectivity index (χ0v) is 36.0. The fourth-order valence-electron chi connectivity index (χ4n) is 6.64. The van der Waals surface area contributed by atoms with Gasteiger partial charge >= 0.3 is 7.82 Å². The van der Waals surface area contributed by atoms with Crippen LogP contribution < -0.4 is 11.1 Å². The van der Waals surface area contributed by atoms with Crippen LogP contribution in [-0.4, -0.2) is 59.0 Å². The third-order valence-corrected chi connectivity index (χ3v) is 11.1. The second-order valence-electron chi connectivity index (χ2n) is 15.4. The quantitative estimate of drug-likeness (QED) is 0.0233. The molecule has 0 aromatic carbocycles. The van der Waals surface area contributed by atoms with Crippen LogP contribution in [0.1, 0.15) is 213 Å². The number of carbonyl (C=O) groups excluding carboxylic acids is 1. The molecule has 0 fully saturated rings. The van der Waals surface area contributed by atoms with Crippen molar-refractivity contribution in [1.82, 2.24) is 5.32 Å². The highest BCUT2D eigenvalue weighted by atomic mass is 31.2. The van der Waals surface area contributed by atoms with Gasteiger partial charge in [-0.25, -0.2) is 4.57 Å². The van der Waals surface area contributed by atoms with E-state index < -0.39 is 38.6 Å². The molecule has 0 radical (unpaired) electrons. The predicted octanol–water partition coefficient (Wildman–Crippen LogP) is 11.5. The fraction of sp³-hybridized carbons (Fsp3) is 0.886. The molecule has 0 heterocycles. The number of unbranched alkanes of at least 4 members (excludes halogenated alkanes) is 26. The van der Waals surface area contributed by atoms with E-state index >= 15 is 0 Å². The first-order chi connectivity index (χ1) is 26.3. The zero-order valence-electron chi connectivity index (χ0n) is 35.1. The number of phosphoric ester groups is 1. The molecule has 0 aromatic rings. The molecule has 6 N–H and O–H groups in total. The van der Waals surface area contributed by atoms with E-state index in [0.717, 1.165) is 51.4 Å². The summed E-state index contributed by atoms with van der Waals surface area (Å²) >= 11 is 0. The number of nitrogens with one attached hydrogen (secondary N) is 1. The van der Waals surface area contributed by atoms with Crippen LogP contribution >= 0.6 is 7.82 Å². The number of aliphatic hydroxyl groups is 2. The van der Waals surface area contributed by atoms with Crippen LogP contribution in [0.25, 0.3) is 0 Å². The first-order valence-electron chi connectivity index (χ1n) is 22.5. The molecule has 0 spiro atoms. The van der Waals surface area contributed by atoms with E-state index in [2.05, 4.69) is 31.3 Å². The maximum absolute atomic E-state index is 12.8. The van der Waals surface area contributed by atoms with E-state index in [1.807, 2.05) is 6.08 Å². The van der Waals surface area contributed by atoms with Gasteiger partial charge < -0.3 is 26.2 Å². The van der Waals surface area contributed by atoms with Crippen molar-refractivity contribution >= 4 is 13.7 Å². The van der Waals surface area contributed by atoms with Gasteiger partial charge in [0.05, 0.1) is 37.9 Å². The maximum Gasteiger partial charge on any atom is 0.472 e. The molecule has 0 aromatic heterocycles. The molecule has 0 aliphatic carbocycles. The summed E-state index contributed by atoms with van der Waals surface area (Å²) in [6.07, 6.45) is 42.7. The Hall–Kier alpha value is -1.06. The Morgan fingerprint density at radius 2 is 1.04 bits per heavy atom. The molecule has 0 aliphatic rings. The van der Waals surface area contributed by atoms with Gasteiger partial charge in [0.1, 0.15) is 0 Å². The minimum absolute atomic E-state index is 0.0487. The van der Waals surface area contributed by atoms with E-state index in [-0.39, 0.29) is 19.6 Å². The Morgan fingerprint density at radius 1 is 0.630 bits per heavy atom. The SMILES string of the molecule is CCCCCCCCCCC/C=C/C(O)C(COP(=O)(O)OCCN)NC(=O)CC(O)CCCCCCC/C=C\CCCCCCCCCCCCCC. The molecular formula is C44H87N2O7P. The maximum atomic E-state index is 12.8. The second-order valence-corrected chi connectivity index (χ2v) is 16.9. The van der Waals surface area contributed by atoms with Crippen LogP contribution in [0.15, 0.2) is 24.3 Å². The van der Waals surface area contributed by atoms with Gasteiger partial charge in [-0.1, -0.05) is 186 Å². The largest absolute Gasteiger partial charge is 0.472 e. The van der Waals surface area contributed by atoms with Crippen molar-refractivity contribution in [2.24, 2.45) is 5.73 Å². The number of allylic oxidation sites excluding steroid dienone is 3. The van der Waals surface area contributed by atoms with Crippen molar-refractivity contribution in [3.63, 3.8) is 0 Å². The summed E-state index contributed by atoms with van der Waals surface area (Å²) in [7, 11) is -4.40. The Kier molecular flexibility index (Phi) is 39.4. The van der Waals surface area contributed by atoms with Crippen LogP contribution in [0.3, 0.4) is 0 Å². The molecule has 4 atom stereocenters. The molecule has 10 heteroatoms. The number of hydrogen-bond acceptors (Lipinski definition) is 7. The summed E-state index contributed by atoms with van der Waals surface area (Å²) in [5.41, 5.74) is 5.36. The van der Waals surface area contributed by atoms with Gasteiger partial charge in [-0.05, 0) is 44.9 Å². The van der Waals surface area contributed by atoms with Crippen molar-refractivity contribution in [3.8, 4) is 0 Å². The van der Waals surface area contributed by atoms with Crippen molar-refractivity contribution in [1.29, 1.82) is 0 Å². The highest BCUT2D eigenvalue weighted by molar-refractivity contribution is 7.47. The number of hydrogen-bond donors (Lipinski definition) is 5. The molecule has 0 rings (SSSR count). The lowest BCUT2D eigenvalue weighted by Crippen LogP contribution is -2.46. The summed E-state index contributed by atoms with van der Waals surface area (Å²) < 4.78 is 22.0. The highest BCUT2D eigenvalue weighted by Crippen LogP contribution is 2.43. The van der Waals surface area contributed by atoms with Crippen molar-refractivity contribution < 1.29 is 33.5 Å². The van der Waals surface area contributed by atoms with Crippen molar-refractivity contribution in [2.45, 2.75) is 231 Å². The highest BCUT2D eigenvalue weighted by Gasteiger charge is 2.27. The number of phosphoric acid groups is 1. The fourth-order valence-corrected chi connectivity index (χ4v) is 7.40. The van der Waals surface area contributed by atoms with Gasteiger partial charge in [-0.3, -0.25) is 13.8 Å². The molecule has 0 saturated heterocycles. The summed E-state index contributed by atoms with van der Waals surface area (Å²) in [6, 6.07) is -0.982. The first-order valence-corrected chi connectivity index (χ1v) is 24.0. The number of carbonyl (C=O) groups is 1. The standard InChI is InChI=1S/C44H87N2O7P/c1-3-5-7-9-11-13-15-16-17-18-19-20-21-22-23-24-26-27-29-31-33-35-41(47)39-44(49)46-42(40-53-54(50,51)52-38-37-45)43(48)36-34-32-30-28-25-14-12-10-8-6-4-2/h22-23,34,36,41-43,47-48H,3-21,24-33,35,37-40,45H2,1-2H3,(H,46,49)(H,50,51)/b23-22-,36-34+. The van der Waals surface area contributed by atoms with E-state index in [4.69, 9.17) is 14.8 Å². The number of aliphatic hydroxyl groups excluding tert-OH is 2. The number of rotatable bonds is 42.